The Labute approximate surface area is 148 Å². The molecule has 144 valence electrons. The summed E-state index contributed by atoms with van der Waals surface area (Å²) in [6.45, 7) is 19.7. The summed E-state index contributed by atoms with van der Waals surface area (Å²) in [5, 5.41) is 13.9. The van der Waals surface area contributed by atoms with Gasteiger partial charge in [0.05, 0.1) is 5.54 Å². The van der Waals surface area contributed by atoms with E-state index in [2.05, 4.69) is 5.32 Å². The van der Waals surface area contributed by atoms with Crippen molar-refractivity contribution in [3.05, 3.63) is 0 Å². The van der Waals surface area contributed by atoms with Crippen LogP contribution >= 0.6 is 0 Å². The van der Waals surface area contributed by atoms with Gasteiger partial charge in [-0.05, 0) is 32.2 Å². The van der Waals surface area contributed by atoms with Crippen molar-refractivity contribution in [2.24, 2.45) is 16.7 Å². The molecule has 0 saturated carbocycles. The van der Waals surface area contributed by atoms with Crippen molar-refractivity contribution in [2.75, 3.05) is 13.7 Å². The van der Waals surface area contributed by atoms with Gasteiger partial charge in [-0.1, -0.05) is 55.4 Å². The van der Waals surface area contributed by atoms with E-state index in [1.165, 1.54) is 0 Å². The van der Waals surface area contributed by atoms with Gasteiger partial charge < -0.3 is 19.9 Å². The van der Waals surface area contributed by atoms with E-state index in [1.807, 2.05) is 69.2 Å². The first-order valence-electron chi connectivity index (χ1n) is 8.73. The van der Waals surface area contributed by atoms with Crippen molar-refractivity contribution in [1.82, 2.24) is 5.32 Å². The average Bonchev–Trinajstić information content (AvgIpc) is 2.33. The maximum absolute atomic E-state index is 12.2. The molecule has 0 spiro atoms. The molecule has 0 aliphatic rings. The number of hydrogen-bond acceptors (Lipinski definition) is 5. The number of aliphatic hydroxyl groups is 1. The van der Waals surface area contributed by atoms with Gasteiger partial charge in [0, 0.05) is 5.41 Å². The minimum absolute atomic E-state index is 0.0968. The van der Waals surface area contributed by atoms with Gasteiger partial charge in [-0.15, -0.1) is 0 Å². The SMILES string of the molecule is CNC(C(C)C)(C(O)OCC(=O)OC(C)(C)C(C)(C)C)C(C)(C)C. The number of carbonyl (C=O) groups is 1. The normalized spacial score (nSPS) is 17.5. The van der Waals surface area contributed by atoms with Crippen LogP contribution < -0.4 is 5.32 Å². The Morgan fingerprint density at radius 2 is 1.46 bits per heavy atom. The summed E-state index contributed by atoms with van der Waals surface area (Å²) < 4.78 is 11.1. The quantitative estimate of drug-likeness (QED) is 0.547. The molecular formula is C19H39NO4. The molecule has 5 nitrogen and oxygen atoms in total. The number of hydrogen-bond donors (Lipinski definition) is 2. The Hall–Kier alpha value is -0.650. The number of rotatable bonds is 7. The van der Waals surface area contributed by atoms with Gasteiger partial charge in [0.2, 0.25) is 0 Å². The van der Waals surface area contributed by atoms with E-state index in [9.17, 15) is 9.90 Å². The highest BCUT2D eigenvalue weighted by Gasteiger charge is 2.50. The zero-order chi connectivity index (χ0) is 19.6. The summed E-state index contributed by atoms with van der Waals surface area (Å²) >= 11 is 0. The Bertz CT molecular complexity index is 418. The fraction of sp³-hybridized carbons (Fsp3) is 0.947. The lowest BCUT2D eigenvalue weighted by atomic mass is 9.66. The molecule has 24 heavy (non-hydrogen) atoms. The first-order valence-corrected chi connectivity index (χ1v) is 8.73. The lowest BCUT2D eigenvalue weighted by molar-refractivity contribution is -0.209. The van der Waals surface area contributed by atoms with Crippen molar-refractivity contribution in [2.45, 2.75) is 86.7 Å². The zero-order valence-electron chi connectivity index (χ0n) is 17.5. The van der Waals surface area contributed by atoms with E-state index in [4.69, 9.17) is 9.47 Å². The number of nitrogens with one attached hydrogen (secondary N) is 1. The molecule has 5 heteroatoms. The number of carbonyl (C=O) groups excluding carboxylic acids is 1. The molecule has 0 fully saturated rings. The first kappa shape index (κ1) is 23.4. The maximum atomic E-state index is 12.2. The molecule has 2 unspecified atom stereocenters. The maximum Gasteiger partial charge on any atom is 0.332 e. The van der Waals surface area contributed by atoms with Gasteiger partial charge in [0.25, 0.3) is 0 Å². The topological polar surface area (TPSA) is 67.8 Å². The third-order valence-corrected chi connectivity index (χ3v) is 5.49. The molecule has 0 aromatic carbocycles. The van der Waals surface area contributed by atoms with Gasteiger partial charge in [-0.2, -0.15) is 0 Å². The second kappa shape index (κ2) is 7.71. The van der Waals surface area contributed by atoms with E-state index < -0.39 is 23.4 Å². The highest BCUT2D eigenvalue weighted by atomic mass is 16.6. The van der Waals surface area contributed by atoms with Crippen LogP contribution in [0.3, 0.4) is 0 Å². The second-order valence-electron chi connectivity index (χ2n) is 9.42. The molecule has 0 aliphatic heterocycles. The molecule has 0 aliphatic carbocycles. The summed E-state index contributed by atoms with van der Waals surface area (Å²) in [7, 11) is 1.80. The summed E-state index contributed by atoms with van der Waals surface area (Å²) in [6, 6.07) is 0. The molecule has 0 heterocycles. The zero-order valence-corrected chi connectivity index (χ0v) is 17.5. The largest absolute Gasteiger partial charge is 0.457 e. The predicted molar refractivity (Wildman–Crippen MR) is 97.7 cm³/mol. The number of aliphatic hydroxyl groups excluding tert-OH is 1. The molecule has 0 amide bonds. The minimum atomic E-state index is -1.13. The number of ether oxygens (including phenoxy) is 2. The fourth-order valence-electron chi connectivity index (χ4n) is 3.05. The van der Waals surface area contributed by atoms with Crippen LogP contribution in [0.15, 0.2) is 0 Å². The highest BCUT2D eigenvalue weighted by Crippen LogP contribution is 2.39. The van der Waals surface area contributed by atoms with Gasteiger partial charge in [-0.25, -0.2) is 4.79 Å². The van der Waals surface area contributed by atoms with E-state index in [0.717, 1.165) is 0 Å². The lowest BCUT2D eigenvalue weighted by Crippen LogP contribution is -2.65. The molecule has 0 saturated heterocycles. The monoisotopic (exact) mass is 345 g/mol. The summed E-state index contributed by atoms with van der Waals surface area (Å²) in [5.74, 6) is -0.379. The van der Waals surface area contributed by atoms with Crippen LogP contribution in [-0.4, -0.2) is 42.2 Å². The molecule has 0 aromatic rings. The van der Waals surface area contributed by atoms with Gasteiger partial charge in [0.15, 0.2) is 6.29 Å². The fourth-order valence-corrected chi connectivity index (χ4v) is 3.05. The Kier molecular flexibility index (Phi) is 7.50. The number of likely N-dealkylation sites (N-methyl/N-ethyl adjacent to an activating group) is 1. The van der Waals surface area contributed by atoms with Crippen LogP contribution in [0, 0.1) is 16.7 Å². The highest BCUT2D eigenvalue weighted by molar-refractivity contribution is 5.71. The van der Waals surface area contributed by atoms with Crippen molar-refractivity contribution in [1.29, 1.82) is 0 Å². The number of esters is 1. The molecule has 0 aromatic heterocycles. The minimum Gasteiger partial charge on any atom is -0.457 e. The Morgan fingerprint density at radius 3 is 1.75 bits per heavy atom. The smallest absolute Gasteiger partial charge is 0.332 e. The molecule has 0 radical (unpaired) electrons. The van der Waals surface area contributed by atoms with Crippen LogP contribution in [0.5, 0.6) is 0 Å². The summed E-state index contributed by atoms with van der Waals surface area (Å²) in [6.07, 6.45) is -1.13. The van der Waals surface area contributed by atoms with E-state index >= 15 is 0 Å². The van der Waals surface area contributed by atoms with Crippen LogP contribution in [-0.2, 0) is 14.3 Å². The van der Waals surface area contributed by atoms with Crippen molar-refractivity contribution >= 4 is 5.97 Å². The van der Waals surface area contributed by atoms with Crippen molar-refractivity contribution in [3.63, 3.8) is 0 Å². The van der Waals surface area contributed by atoms with Gasteiger partial charge in [0.1, 0.15) is 12.2 Å². The van der Waals surface area contributed by atoms with Crippen molar-refractivity contribution < 1.29 is 19.4 Å². The predicted octanol–water partition coefficient (Wildman–Crippen LogP) is 3.35. The molecular weight excluding hydrogens is 306 g/mol. The van der Waals surface area contributed by atoms with Crippen LogP contribution in [0.25, 0.3) is 0 Å². The molecule has 2 atom stereocenters. The Morgan fingerprint density at radius 1 is 1.00 bits per heavy atom. The van der Waals surface area contributed by atoms with Gasteiger partial charge >= 0.3 is 5.97 Å². The Balaban J connectivity index is 5.06. The van der Waals surface area contributed by atoms with Gasteiger partial charge in [-0.3, -0.25) is 0 Å². The van der Waals surface area contributed by atoms with Crippen LogP contribution in [0.2, 0.25) is 0 Å². The molecule has 0 rings (SSSR count). The average molecular weight is 346 g/mol. The van der Waals surface area contributed by atoms with E-state index in [0.29, 0.717) is 0 Å². The molecule has 2 N–H and O–H groups in total. The van der Waals surface area contributed by atoms with Crippen molar-refractivity contribution in [3.8, 4) is 0 Å². The molecule has 0 bridgehead atoms. The first-order chi connectivity index (χ1) is 10.5. The summed E-state index contributed by atoms with van der Waals surface area (Å²) in [4.78, 5) is 12.2. The second-order valence-corrected chi connectivity index (χ2v) is 9.42. The van der Waals surface area contributed by atoms with E-state index in [-0.39, 0.29) is 23.4 Å². The standard InChI is InChI=1S/C19H39NO4/c1-13(2)19(20-11,17(6,7)8)15(22)23-12-14(21)24-18(9,10)16(3,4)5/h13,15,20,22H,12H2,1-11H3. The van der Waals surface area contributed by atoms with Crippen LogP contribution in [0.1, 0.15) is 69.2 Å². The van der Waals surface area contributed by atoms with E-state index in [1.54, 1.807) is 7.05 Å². The lowest BCUT2D eigenvalue weighted by Gasteiger charge is -2.50. The third-order valence-electron chi connectivity index (χ3n) is 5.49. The third kappa shape index (κ3) is 4.93. The van der Waals surface area contributed by atoms with Crippen LogP contribution in [0.4, 0.5) is 0 Å². The summed E-state index contributed by atoms with van der Waals surface area (Å²) in [5.41, 5.74) is -1.78.